The number of benzene rings is 1. The van der Waals surface area contributed by atoms with Gasteiger partial charge in [-0.25, -0.2) is 0 Å². The van der Waals surface area contributed by atoms with E-state index in [9.17, 15) is 9.59 Å². The summed E-state index contributed by atoms with van der Waals surface area (Å²) < 4.78 is 2.18. The van der Waals surface area contributed by atoms with Crippen LogP contribution in [0.1, 0.15) is 71.4 Å². The third-order valence-electron chi connectivity index (χ3n) is 7.72. The lowest BCUT2D eigenvalue weighted by molar-refractivity contribution is -0.117. The summed E-state index contributed by atoms with van der Waals surface area (Å²) in [5, 5.41) is 15.8. The van der Waals surface area contributed by atoms with Gasteiger partial charge in [0.15, 0.2) is 0 Å². The fourth-order valence-electron chi connectivity index (χ4n) is 5.19. The standard InChI is InChI=1S/C28H34N6O2S/c1-2-33(16-19-6-4-3-5-7-19)28-32-30-17-34(28)21-12-13-23-22(14-21)24(26(36)29-15-18-8-9-18)27(37-23)31-25(35)20-10-11-20/h3-7,17-18,20-21H,2,8-16H2,1H3,(H,29,36)(H,31,35)/t21-/m0/s1. The zero-order valence-electron chi connectivity index (χ0n) is 21.3. The number of amides is 2. The smallest absolute Gasteiger partial charge is 0.254 e. The quantitative estimate of drug-likeness (QED) is 0.410. The molecule has 37 heavy (non-hydrogen) atoms. The second kappa shape index (κ2) is 10.3. The molecule has 8 nitrogen and oxygen atoms in total. The van der Waals surface area contributed by atoms with Gasteiger partial charge < -0.3 is 15.5 Å². The van der Waals surface area contributed by atoms with Crippen molar-refractivity contribution < 1.29 is 9.59 Å². The molecule has 2 amide bonds. The van der Waals surface area contributed by atoms with Crippen LogP contribution >= 0.6 is 11.3 Å². The number of fused-ring (bicyclic) bond motifs is 1. The fraction of sp³-hybridized carbons (Fsp3) is 0.500. The first kappa shape index (κ1) is 24.2. The molecule has 3 aromatic rings. The van der Waals surface area contributed by atoms with Crippen LogP contribution < -0.4 is 15.5 Å². The third-order valence-corrected chi connectivity index (χ3v) is 8.93. The highest BCUT2D eigenvalue weighted by Gasteiger charge is 2.35. The van der Waals surface area contributed by atoms with Crippen LogP contribution in [0.25, 0.3) is 0 Å². The first-order valence-corrected chi connectivity index (χ1v) is 14.3. The van der Waals surface area contributed by atoms with Gasteiger partial charge in [-0.1, -0.05) is 30.3 Å². The van der Waals surface area contributed by atoms with E-state index in [1.165, 1.54) is 23.3 Å². The molecule has 0 saturated heterocycles. The summed E-state index contributed by atoms with van der Waals surface area (Å²) in [5.74, 6) is 1.54. The van der Waals surface area contributed by atoms with Crippen LogP contribution in [0.5, 0.6) is 0 Å². The Morgan fingerprint density at radius 2 is 1.95 bits per heavy atom. The maximum absolute atomic E-state index is 13.4. The molecule has 1 atom stereocenters. The predicted octanol–water partition coefficient (Wildman–Crippen LogP) is 4.58. The number of aromatic nitrogens is 3. The second-order valence-corrected chi connectivity index (χ2v) is 11.7. The van der Waals surface area contributed by atoms with Crippen LogP contribution in [0.4, 0.5) is 10.9 Å². The Morgan fingerprint density at radius 3 is 2.68 bits per heavy atom. The highest BCUT2D eigenvalue weighted by atomic mass is 32.1. The lowest BCUT2D eigenvalue weighted by Crippen LogP contribution is -2.30. The number of nitrogens with zero attached hydrogens (tertiary/aromatic N) is 4. The number of rotatable bonds is 10. The zero-order valence-corrected chi connectivity index (χ0v) is 22.1. The maximum Gasteiger partial charge on any atom is 0.254 e. The first-order valence-electron chi connectivity index (χ1n) is 13.5. The van der Waals surface area contributed by atoms with Crippen molar-refractivity contribution in [3.05, 3.63) is 58.2 Å². The third kappa shape index (κ3) is 5.28. The molecule has 2 fully saturated rings. The normalized spacial score (nSPS) is 18.8. The van der Waals surface area contributed by atoms with E-state index in [2.05, 4.69) is 61.5 Å². The predicted molar refractivity (Wildman–Crippen MR) is 145 cm³/mol. The van der Waals surface area contributed by atoms with E-state index in [0.29, 0.717) is 18.0 Å². The highest BCUT2D eigenvalue weighted by molar-refractivity contribution is 7.17. The van der Waals surface area contributed by atoms with Gasteiger partial charge in [-0.3, -0.25) is 14.2 Å². The summed E-state index contributed by atoms with van der Waals surface area (Å²) in [6.07, 6.45) is 8.62. The van der Waals surface area contributed by atoms with Crippen LogP contribution in [-0.2, 0) is 24.2 Å². The van der Waals surface area contributed by atoms with E-state index >= 15 is 0 Å². The van der Waals surface area contributed by atoms with Crippen molar-refractivity contribution in [2.24, 2.45) is 11.8 Å². The van der Waals surface area contributed by atoms with Gasteiger partial charge in [-0.15, -0.1) is 21.5 Å². The molecule has 2 N–H and O–H groups in total. The van der Waals surface area contributed by atoms with Crippen molar-refractivity contribution in [2.45, 2.75) is 64.5 Å². The Balaban J connectivity index is 1.26. The van der Waals surface area contributed by atoms with Crippen molar-refractivity contribution in [1.29, 1.82) is 0 Å². The minimum atomic E-state index is -0.0561. The van der Waals surface area contributed by atoms with Crippen LogP contribution in [0, 0.1) is 11.8 Å². The number of nitrogens with one attached hydrogen (secondary N) is 2. The van der Waals surface area contributed by atoms with Crippen molar-refractivity contribution in [1.82, 2.24) is 20.1 Å². The monoisotopic (exact) mass is 518 g/mol. The number of hydrogen-bond acceptors (Lipinski definition) is 6. The van der Waals surface area contributed by atoms with Gasteiger partial charge in [0, 0.05) is 36.5 Å². The number of aryl methyl sites for hydroxylation is 1. The minimum Gasteiger partial charge on any atom is -0.352 e. The Bertz CT molecular complexity index is 1280. The molecule has 2 heterocycles. The number of hydrogen-bond donors (Lipinski definition) is 2. The minimum absolute atomic E-state index is 0.0481. The van der Waals surface area contributed by atoms with Crippen molar-refractivity contribution in [3.8, 4) is 0 Å². The zero-order chi connectivity index (χ0) is 25.4. The summed E-state index contributed by atoms with van der Waals surface area (Å²) in [5.41, 5.74) is 2.98. The Morgan fingerprint density at radius 1 is 1.14 bits per heavy atom. The molecule has 3 aliphatic rings. The average molecular weight is 519 g/mol. The number of carbonyl (C=O) groups excluding carboxylic acids is 2. The van der Waals surface area contributed by atoms with Crippen molar-refractivity contribution in [3.63, 3.8) is 0 Å². The van der Waals surface area contributed by atoms with E-state index in [1.807, 2.05) is 12.4 Å². The fourth-order valence-corrected chi connectivity index (χ4v) is 6.43. The first-order chi connectivity index (χ1) is 18.1. The molecule has 2 saturated carbocycles. The van der Waals surface area contributed by atoms with Gasteiger partial charge in [0.25, 0.3) is 5.91 Å². The van der Waals surface area contributed by atoms with Crippen LogP contribution in [-0.4, -0.2) is 39.7 Å². The summed E-state index contributed by atoms with van der Waals surface area (Å²) in [6, 6.07) is 10.6. The lowest BCUT2D eigenvalue weighted by atomic mass is 9.91. The maximum atomic E-state index is 13.4. The van der Waals surface area contributed by atoms with Gasteiger partial charge in [0.2, 0.25) is 11.9 Å². The molecular formula is C28H34N6O2S. The van der Waals surface area contributed by atoms with Crippen LogP contribution in [0.15, 0.2) is 36.7 Å². The molecule has 3 aliphatic carbocycles. The van der Waals surface area contributed by atoms with Gasteiger partial charge >= 0.3 is 0 Å². The molecule has 9 heteroatoms. The second-order valence-electron chi connectivity index (χ2n) is 10.6. The van der Waals surface area contributed by atoms with Crippen LogP contribution in [0.2, 0.25) is 0 Å². The summed E-state index contributed by atoms with van der Waals surface area (Å²) in [4.78, 5) is 29.5. The molecule has 0 bridgehead atoms. The van der Waals surface area contributed by atoms with E-state index in [0.717, 1.165) is 61.7 Å². The topological polar surface area (TPSA) is 92.2 Å². The molecular weight excluding hydrogens is 484 g/mol. The summed E-state index contributed by atoms with van der Waals surface area (Å²) >= 11 is 1.59. The van der Waals surface area contributed by atoms with Crippen molar-refractivity contribution in [2.75, 3.05) is 23.3 Å². The van der Waals surface area contributed by atoms with Crippen LogP contribution in [0.3, 0.4) is 0 Å². The molecule has 2 aromatic heterocycles. The Kier molecular flexibility index (Phi) is 6.71. The molecule has 1 aromatic carbocycles. The van der Waals surface area contributed by atoms with Crippen molar-refractivity contribution >= 4 is 34.1 Å². The van der Waals surface area contributed by atoms with E-state index in [1.54, 1.807) is 11.3 Å². The molecule has 0 spiro atoms. The van der Waals surface area contributed by atoms with Gasteiger partial charge in [0.1, 0.15) is 11.3 Å². The molecule has 0 unspecified atom stereocenters. The van der Waals surface area contributed by atoms with Gasteiger partial charge in [-0.05, 0) is 68.9 Å². The molecule has 194 valence electrons. The molecule has 6 rings (SSSR count). The molecule has 0 radical (unpaired) electrons. The molecule has 0 aliphatic heterocycles. The Hall–Kier alpha value is -3.20. The van der Waals surface area contributed by atoms with Gasteiger partial charge in [-0.2, -0.15) is 0 Å². The van der Waals surface area contributed by atoms with Gasteiger partial charge in [0.05, 0.1) is 5.56 Å². The largest absolute Gasteiger partial charge is 0.352 e. The summed E-state index contributed by atoms with van der Waals surface area (Å²) in [6.45, 7) is 4.43. The summed E-state index contributed by atoms with van der Waals surface area (Å²) in [7, 11) is 0. The van der Waals surface area contributed by atoms with E-state index < -0.39 is 0 Å². The highest BCUT2D eigenvalue weighted by Crippen LogP contribution is 2.43. The van der Waals surface area contributed by atoms with E-state index in [-0.39, 0.29) is 23.8 Å². The lowest BCUT2D eigenvalue weighted by Gasteiger charge is -2.29. The SMILES string of the molecule is CCN(Cc1ccccc1)c1nncn1[C@H]1CCc2sc(NC(=O)C3CC3)c(C(=O)NCC3CC3)c2C1. The Labute approximate surface area is 221 Å². The number of thiophene rings is 1. The van der Waals surface area contributed by atoms with E-state index in [4.69, 9.17) is 0 Å². The number of anilines is 2. The average Bonchev–Trinajstić information content (AvgIpc) is 3.85. The number of carbonyl (C=O) groups is 2.